The van der Waals surface area contributed by atoms with Crippen molar-refractivity contribution in [2.24, 2.45) is 0 Å². The van der Waals surface area contributed by atoms with E-state index in [1.54, 1.807) is 0 Å². The average molecular weight is 299 g/mol. The van der Waals surface area contributed by atoms with Crippen LogP contribution in [0.5, 0.6) is 0 Å². The Morgan fingerprint density at radius 2 is 1.26 bits per heavy atom. The highest BCUT2D eigenvalue weighted by molar-refractivity contribution is 5.77. The first-order valence-corrected chi connectivity index (χ1v) is 7.95. The van der Waals surface area contributed by atoms with E-state index < -0.39 is 0 Å². The maximum atomic E-state index is 2.32. The van der Waals surface area contributed by atoms with Crippen molar-refractivity contribution in [3.05, 3.63) is 96.1 Å². The maximum Gasteiger partial charge on any atom is 0.245 e. The van der Waals surface area contributed by atoms with Crippen molar-refractivity contribution in [1.82, 2.24) is 0 Å². The third-order valence-corrected chi connectivity index (χ3v) is 4.25. The number of para-hydroxylation sites is 2. The first kappa shape index (κ1) is 13.8. The molecule has 0 aliphatic carbocycles. The summed E-state index contributed by atoms with van der Waals surface area (Å²) in [7, 11) is 0. The van der Waals surface area contributed by atoms with Crippen molar-refractivity contribution in [3.8, 4) is 0 Å². The molecule has 3 aromatic rings. The number of rotatable bonds is 2. The van der Waals surface area contributed by atoms with E-state index in [0.717, 1.165) is 13.1 Å². The lowest BCUT2D eigenvalue weighted by Crippen LogP contribution is -2.23. The normalized spacial score (nSPS) is 13.9. The van der Waals surface area contributed by atoms with E-state index >= 15 is 0 Å². The molecule has 0 bridgehead atoms. The molecule has 112 valence electrons. The van der Waals surface area contributed by atoms with Crippen molar-refractivity contribution < 1.29 is 4.58 Å². The van der Waals surface area contributed by atoms with E-state index in [-0.39, 0.29) is 0 Å². The minimum absolute atomic E-state index is 0.892. The van der Waals surface area contributed by atoms with Crippen LogP contribution in [0, 0.1) is 0 Å². The van der Waals surface area contributed by atoms with Crippen molar-refractivity contribution in [1.29, 1.82) is 0 Å². The summed E-state index contributed by atoms with van der Waals surface area (Å²) < 4.78 is 2.32. The summed E-state index contributed by atoms with van der Waals surface area (Å²) in [5.41, 5.74) is 5.19. The summed E-state index contributed by atoms with van der Waals surface area (Å²) in [6.45, 7) is 1.78. The van der Waals surface area contributed by atoms with Gasteiger partial charge >= 0.3 is 0 Å². The highest BCUT2D eigenvalue weighted by atomic mass is 15.2. The Balaban J connectivity index is 1.82. The smallest absolute Gasteiger partial charge is 0.230 e. The van der Waals surface area contributed by atoms with Crippen LogP contribution >= 0.6 is 0 Å². The fourth-order valence-electron chi connectivity index (χ4n) is 3.04. The Labute approximate surface area is 136 Å². The van der Waals surface area contributed by atoms with E-state index in [0.29, 0.717) is 0 Å². The zero-order chi connectivity index (χ0) is 15.5. The first-order valence-electron chi connectivity index (χ1n) is 7.95. The van der Waals surface area contributed by atoms with Gasteiger partial charge in [0.2, 0.25) is 6.34 Å². The molecule has 1 aliphatic heterocycles. The lowest BCUT2D eigenvalue weighted by Gasteiger charge is -2.12. The molecule has 2 nitrogen and oxygen atoms in total. The standard InChI is InChI=1S/C21H19N2/c1-3-11-20(12-4-1)22-15-18-9-7-8-10-19(18)16-23(17-22)21-13-5-2-6-14-21/h1-14,17H,15-16H2/q+1. The molecule has 1 heterocycles. The lowest BCUT2D eigenvalue weighted by atomic mass is 10.1. The van der Waals surface area contributed by atoms with Gasteiger partial charge in [-0.1, -0.05) is 60.7 Å². The van der Waals surface area contributed by atoms with Gasteiger partial charge in [-0.25, -0.2) is 9.48 Å². The zero-order valence-electron chi connectivity index (χ0n) is 13.0. The summed E-state index contributed by atoms with van der Waals surface area (Å²) in [5, 5.41) is 0. The van der Waals surface area contributed by atoms with Crippen LogP contribution in [0.2, 0.25) is 0 Å². The van der Waals surface area contributed by atoms with Crippen LogP contribution in [0.25, 0.3) is 0 Å². The summed E-state index contributed by atoms with van der Waals surface area (Å²) in [6, 6.07) is 29.8. The van der Waals surface area contributed by atoms with Crippen LogP contribution < -0.4 is 4.90 Å². The Kier molecular flexibility index (Phi) is 3.65. The van der Waals surface area contributed by atoms with Gasteiger partial charge in [0.15, 0.2) is 0 Å². The minimum Gasteiger partial charge on any atom is -0.230 e. The molecule has 0 saturated carbocycles. The third-order valence-electron chi connectivity index (χ3n) is 4.25. The first-order chi connectivity index (χ1) is 11.4. The number of nitrogens with zero attached hydrogens (tertiary/aromatic N) is 2. The zero-order valence-corrected chi connectivity index (χ0v) is 13.0. The van der Waals surface area contributed by atoms with E-state index in [9.17, 15) is 0 Å². The molecule has 0 spiro atoms. The van der Waals surface area contributed by atoms with Gasteiger partial charge in [-0.05, 0) is 24.3 Å². The SMILES string of the molecule is C1=[N+](c2ccccc2)Cc2ccccc2CN1c1ccccc1. The molecule has 0 saturated heterocycles. The van der Waals surface area contributed by atoms with Crippen LogP contribution in [0.3, 0.4) is 0 Å². The van der Waals surface area contributed by atoms with Gasteiger partial charge in [0, 0.05) is 11.1 Å². The van der Waals surface area contributed by atoms with Gasteiger partial charge < -0.3 is 0 Å². The molecule has 0 atom stereocenters. The molecule has 0 fully saturated rings. The predicted octanol–water partition coefficient (Wildman–Crippen LogP) is 4.58. The molecule has 1 aliphatic rings. The summed E-state index contributed by atoms with van der Waals surface area (Å²) in [5.74, 6) is 0. The molecular formula is C21H19N2+. The topological polar surface area (TPSA) is 6.25 Å². The van der Waals surface area contributed by atoms with Crippen molar-refractivity contribution >= 4 is 17.7 Å². The van der Waals surface area contributed by atoms with Crippen molar-refractivity contribution in [2.75, 3.05) is 4.90 Å². The Morgan fingerprint density at radius 1 is 0.652 bits per heavy atom. The quantitative estimate of drug-likeness (QED) is 0.628. The number of anilines is 1. The Hall–Kier alpha value is -2.87. The second-order valence-corrected chi connectivity index (χ2v) is 5.81. The summed E-state index contributed by atoms with van der Waals surface area (Å²) >= 11 is 0. The summed E-state index contributed by atoms with van der Waals surface area (Å²) in [4.78, 5) is 2.32. The fraction of sp³-hybridized carbons (Fsp3) is 0.0952. The van der Waals surface area contributed by atoms with Gasteiger partial charge in [0.05, 0.1) is 0 Å². The number of hydrogen-bond donors (Lipinski definition) is 0. The summed E-state index contributed by atoms with van der Waals surface area (Å²) in [6.07, 6.45) is 2.23. The van der Waals surface area contributed by atoms with Crippen LogP contribution in [-0.2, 0) is 13.1 Å². The monoisotopic (exact) mass is 299 g/mol. The molecular weight excluding hydrogens is 280 g/mol. The van der Waals surface area contributed by atoms with Crippen LogP contribution in [0.4, 0.5) is 11.4 Å². The average Bonchev–Trinajstić information content (AvgIpc) is 2.83. The van der Waals surface area contributed by atoms with Crippen LogP contribution in [0.1, 0.15) is 11.1 Å². The molecule has 0 unspecified atom stereocenters. The number of hydrogen-bond acceptors (Lipinski definition) is 1. The van der Waals surface area contributed by atoms with Gasteiger partial charge in [-0.15, -0.1) is 0 Å². The van der Waals surface area contributed by atoms with E-state index in [1.165, 1.54) is 22.5 Å². The fourth-order valence-corrected chi connectivity index (χ4v) is 3.04. The molecule has 0 amide bonds. The van der Waals surface area contributed by atoms with Gasteiger partial charge in [0.25, 0.3) is 0 Å². The van der Waals surface area contributed by atoms with Crippen LogP contribution in [-0.4, -0.2) is 10.9 Å². The molecule has 0 aromatic heterocycles. The van der Waals surface area contributed by atoms with E-state index in [1.807, 2.05) is 0 Å². The number of fused-ring (bicyclic) bond motifs is 1. The molecule has 0 N–H and O–H groups in total. The largest absolute Gasteiger partial charge is 0.245 e. The molecule has 0 radical (unpaired) electrons. The Morgan fingerprint density at radius 3 is 2.00 bits per heavy atom. The molecule has 4 rings (SSSR count). The lowest BCUT2D eigenvalue weighted by molar-refractivity contribution is -0.453. The highest BCUT2D eigenvalue weighted by Crippen LogP contribution is 2.23. The molecule has 2 heteroatoms. The van der Waals surface area contributed by atoms with Crippen LogP contribution in [0.15, 0.2) is 84.9 Å². The van der Waals surface area contributed by atoms with Gasteiger partial charge in [0.1, 0.15) is 24.5 Å². The Bertz CT molecular complexity index is 823. The second kappa shape index (κ2) is 6.09. The predicted molar refractivity (Wildman–Crippen MR) is 95.2 cm³/mol. The second-order valence-electron chi connectivity index (χ2n) is 5.81. The minimum atomic E-state index is 0.892. The van der Waals surface area contributed by atoms with Crippen molar-refractivity contribution in [3.63, 3.8) is 0 Å². The van der Waals surface area contributed by atoms with Gasteiger partial charge in [-0.3, -0.25) is 0 Å². The molecule has 23 heavy (non-hydrogen) atoms. The molecule has 3 aromatic carbocycles. The maximum absolute atomic E-state index is 2.32. The van der Waals surface area contributed by atoms with E-state index in [2.05, 4.69) is 101 Å². The highest BCUT2D eigenvalue weighted by Gasteiger charge is 2.21. The van der Waals surface area contributed by atoms with E-state index in [4.69, 9.17) is 0 Å². The third kappa shape index (κ3) is 2.88. The number of benzene rings is 3. The van der Waals surface area contributed by atoms with Gasteiger partial charge in [-0.2, -0.15) is 0 Å². The van der Waals surface area contributed by atoms with Crippen molar-refractivity contribution in [2.45, 2.75) is 13.1 Å².